The molecule has 2 rings (SSSR count). The van der Waals surface area contributed by atoms with Gasteiger partial charge in [0.2, 0.25) is 0 Å². The van der Waals surface area contributed by atoms with Crippen molar-refractivity contribution in [3.63, 3.8) is 0 Å². The third kappa shape index (κ3) is 2.65. The van der Waals surface area contributed by atoms with Gasteiger partial charge < -0.3 is 5.11 Å². The van der Waals surface area contributed by atoms with E-state index in [1.165, 1.54) is 24.4 Å². The van der Waals surface area contributed by atoms with E-state index in [0.717, 1.165) is 12.1 Å². The van der Waals surface area contributed by atoms with Gasteiger partial charge in [0.25, 0.3) is 0 Å². The van der Waals surface area contributed by atoms with Gasteiger partial charge in [0, 0.05) is 11.8 Å². The summed E-state index contributed by atoms with van der Waals surface area (Å²) in [5.41, 5.74) is 0.169. The highest BCUT2D eigenvalue weighted by Crippen LogP contribution is 2.30. The molecule has 0 amide bonds. The molecule has 1 aromatic heterocycles. The number of hydrogen-bond donors (Lipinski definition) is 1. The van der Waals surface area contributed by atoms with Gasteiger partial charge in [-0.1, -0.05) is 12.1 Å². The van der Waals surface area contributed by atoms with Crippen molar-refractivity contribution in [3.05, 3.63) is 47.8 Å². The first-order valence-electron chi connectivity index (χ1n) is 5.11. The monoisotopic (exact) mass is 254 g/mol. The first-order valence-corrected chi connectivity index (χ1v) is 5.11. The highest BCUT2D eigenvalue weighted by Gasteiger charge is 2.30. The maximum Gasteiger partial charge on any atom is 0.416 e. The molecule has 0 aliphatic heterocycles. The SMILES string of the molecule is OCc1ccnc(-c2ccc(C(F)(F)F)cc2)n1. The summed E-state index contributed by atoms with van der Waals surface area (Å²) in [6, 6.07) is 6.10. The number of benzene rings is 1. The number of halogens is 3. The smallest absolute Gasteiger partial charge is 0.390 e. The highest BCUT2D eigenvalue weighted by atomic mass is 19.4. The molecule has 0 saturated heterocycles. The Kier molecular flexibility index (Phi) is 3.29. The van der Waals surface area contributed by atoms with Crippen molar-refractivity contribution in [1.29, 1.82) is 0 Å². The van der Waals surface area contributed by atoms with Crippen molar-refractivity contribution in [3.8, 4) is 11.4 Å². The van der Waals surface area contributed by atoms with E-state index >= 15 is 0 Å². The Morgan fingerprint density at radius 2 is 1.72 bits per heavy atom. The number of aliphatic hydroxyl groups excluding tert-OH is 1. The Labute approximate surface area is 101 Å². The van der Waals surface area contributed by atoms with Crippen LogP contribution in [-0.4, -0.2) is 15.1 Å². The predicted octanol–water partition coefficient (Wildman–Crippen LogP) is 2.65. The minimum absolute atomic E-state index is 0.240. The van der Waals surface area contributed by atoms with Crippen LogP contribution in [0, 0.1) is 0 Å². The summed E-state index contributed by atoms with van der Waals surface area (Å²) in [7, 11) is 0. The molecule has 0 fully saturated rings. The zero-order valence-corrected chi connectivity index (χ0v) is 9.15. The molecule has 18 heavy (non-hydrogen) atoms. The van der Waals surface area contributed by atoms with E-state index in [2.05, 4.69) is 9.97 Å². The Morgan fingerprint density at radius 1 is 1.06 bits per heavy atom. The fourth-order valence-corrected chi connectivity index (χ4v) is 1.43. The summed E-state index contributed by atoms with van der Waals surface area (Å²) >= 11 is 0. The van der Waals surface area contributed by atoms with Crippen LogP contribution in [0.2, 0.25) is 0 Å². The predicted molar refractivity (Wildman–Crippen MR) is 58.4 cm³/mol. The van der Waals surface area contributed by atoms with E-state index in [1.807, 2.05) is 0 Å². The molecule has 3 nitrogen and oxygen atoms in total. The minimum atomic E-state index is -4.35. The molecular formula is C12H9F3N2O. The molecule has 1 N–H and O–H groups in total. The third-order valence-corrected chi connectivity index (χ3v) is 2.35. The van der Waals surface area contributed by atoms with Crippen LogP contribution in [0.25, 0.3) is 11.4 Å². The van der Waals surface area contributed by atoms with Gasteiger partial charge in [-0.25, -0.2) is 9.97 Å². The topological polar surface area (TPSA) is 46.0 Å². The largest absolute Gasteiger partial charge is 0.416 e. The molecule has 0 saturated carbocycles. The molecule has 0 radical (unpaired) electrons. The van der Waals surface area contributed by atoms with Gasteiger partial charge in [0.1, 0.15) is 0 Å². The zero-order valence-electron chi connectivity index (χ0n) is 9.15. The highest BCUT2D eigenvalue weighted by molar-refractivity contribution is 5.55. The second kappa shape index (κ2) is 4.73. The summed E-state index contributed by atoms with van der Waals surface area (Å²) in [5, 5.41) is 8.92. The molecule has 0 aliphatic carbocycles. The fraction of sp³-hybridized carbons (Fsp3) is 0.167. The van der Waals surface area contributed by atoms with Crippen molar-refractivity contribution in [2.45, 2.75) is 12.8 Å². The number of rotatable bonds is 2. The Bertz CT molecular complexity index is 538. The van der Waals surface area contributed by atoms with E-state index < -0.39 is 11.7 Å². The van der Waals surface area contributed by atoms with Crippen molar-refractivity contribution < 1.29 is 18.3 Å². The lowest BCUT2D eigenvalue weighted by atomic mass is 10.1. The Balaban J connectivity index is 2.34. The molecule has 1 aromatic carbocycles. The second-order valence-corrected chi connectivity index (χ2v) is 3.60. The fourth-order valence-electron chi connectivity index (χ4n) is 1.43. The lowest BCUT2D eigenvalue weighted by Gasteiger charge is -2.07. The average molecular weight is 254 g/mol. The molecule has 0 unspecified atom stereocenters. The molecular weight excluding hydrogens is 245 g/mol. The maximum atomic E-state index is 12.4. The molecule has 94 valence electrons. The summed E-state index contributed by atoms with van der Waals surface area (Å²) in [4.78, 5) is 7.96. The molecule has 2 aromatic rings. The number of hydrogen-bond acceptors (Lipinski definition) is 3. The molecule has 0 aliphatic rings. The van der Waals surface area contributed by atoms with Crippen molar-refractivity contribution in [2.75, 3.05) is 0 Å². The van der Waals surface area contributed by atoms with Crippen LogP contribution in [0.4, 0.5) is 13.2 Å². The maximum absolute atomic E-state index is 12.4. The quantitative estimate of drug-likeness (QED) is 0.896. The normalized spacial score (nSPS) is 11.6. The number of aromatic nitrogens is 2. The molecule has 0 atom stereocenters. The number of nitrogens with zero attached hydrogens (tertiary/aromatic N) is 2. The standard InChI is InChI=1S/C12H9F3N2O/c13-12(14,15)9-3-1-8(2-4-9)11-16-6-5-10(7-18)17-11/h1-6,18H,7H2. The third-order valence-electron chi connectivity index (χ3n) is 2.35. The lowest BCUT2D eigenvalue weighted by molar-refractivity contribution is -0.137. The van der Waals surface area contributed by atoms with Crippen LogP contribution in [0.3, 0.4) is 0 Å². The van der Waals surface area contributed by atoms with Gasteiger partial charge in [0.15, 0.2) is 5.82 Å². The second-order valence-electron chi connectivity index (χ2n) is 3.60. The minimum Gasteiger partial charge on any atom is -0.390 e. The van der Waals surface area contributed by atoms with Crippen LogP contribution in [0.1, 0.15) is 11.3 Å². The number of alkyl halides is 3. The van der Waals surface area contributed by atoms with E-state index in [-0.39, 0.29) is 12.4 Å². The van der Waals surface area contributed by atoms with Gasteiger partial charge in [0.05, 0.1) is 17.9 Å². The van der Waals surface area contributed by atoms with Gasteiger partial charge >= 0.3 is 6.18 Å². The summed E-state index contributed by atoms with van der Waals surface area (Å²) in [6.45, 7) is -0.240. The van der Waals surface area contributed by atoms with E-state index in [1.54, 1.807) is 0 Å². The molecule has 0 spiro atoms. The molecule has 0 bridgehead atoms. The van der Waals surface area contributed by atoms with Gasteiger partial charge in [-0.15, -0.1) is 0 Å². The van der Waals surface area contributed by atoms with Crippen LogP contribution >= 0.6 is 0 Å². The van der Waals surface area contributed by atoms with Crippen LogP contribution in [0.15, 0.2) is 36.5 Å². The van der Waals surface area contributed by atoms with E-state index in [0.29, 0.717) is 11.3 Å². The lowest BCUT2D eigenvalue weighted by Crippen LogP contribution is -2.04. The van der Waals surface area contributed by atoms with Crippen LogP contribution in [-0.2, 0) is 12.8 Å². The first-order chi connectivity index (χ1) is 8.50. The van der Waals surface area contributed by atoms with Crippen LogP contribution in [0.5, 0.6) is 0 Å². The first kappa shape index (κ1) is 12.5. The summed E-state index contributed by atoms with van der Waals surface area (Å²) in [6.07, 6.45) is -2.90. The number of aliphatic hydroxyl groups is 1. The van der Waals surface area contributed by atoms with Gasteiger partial charge in [-0.2, -0.15) is 13.2 Å². The van der Waals surface area contributed by atoms with Crippen molar-refractivity contribution in [1.82, 2.24) is 9.97 Å². The Hall–Kier alpha value is -1.95. The van der Waals surface area contributed by atoms with Crippen molar-refractivity contribution >= 4 is 0 Å². The molecule has 6 heteroatoms. The van der Waals surface area contributed by atoms with Gasteiger partial charge in [-0.3, -0.25) is 0 Å². The van der Waals surface area contributed by atoms with E-state index in [4.69, 9.17) is 5.11 Å². The van der Waals surface area contributed by atoms with E-state index in [9.17, 15) is 13.2 Å². The summed E-state index contributed by atoms with van der Waals surface area (Å²) in [5.74, 6) is 0.287. The average Bonchev–Trinajstić information content (AvgIpc) is 2.38. The summed E-state index contributed by atoms with van der Waals surface area (Å²) < 4.78 is 37.1. The Morgan fingerprint density at radius 3 is 2.28 bits per heavy atom. The zero-order chi connectivity index (χ0) is 13.2. The van der Waals surface area contributed by atoms with Crippen LogP contribution < -0.4 is 0 Å². The van der Waals surface area contributed by atoms with Gasteiger partial charge in [-0.05, 0) is 18.2 Å². The van der Waals surface area contributed by atoms with Crippen molar-refractivity contribution in [2.24, 2.45) is 0 Å². The molecule has 1 heterocycles.